The first-order valence-electron chi connectivity index (χ1n) is 7.51. The molecule has 0 aliphatic carbocycles. The predicted octanol–water partition coefficient (Wildman–Crippen LogP) is 3.76. The van der Waals surface area contributed by atoms with Gasteiger partial charge in [-0.1, -0.05) is 23.7 Å². The van der Waals surface area contributed by atoms with E-state index in [4.69, 9.17) is 16.3 Å². The average Bonchev–Trinajstić information content (AvgIpc) is 2.44. The Bertz CT molecular complexity index is 753. The highest BCUT2D eigenvalue weighted by molar-refractivity contribution is 6.30. The molecule has 1 N–H and O–H groups in total. The van der Waals surface area contributed by atoms with Gasteiger partial charge < -0.3 is 10.1 Å². The van der Waals surface area contributed by atoms with Crippen molar-refractivity contribution in [1.82, 2.24) is 5.32 Å². The van der Waals surface area contributed by atoms with Gasteiger partial charge in [-0.2, -0.15) is 0 Å². The number of allylic oxidation sites excluding steroid dienone is 3. The fourth-order valence-corrected chi connectivity index (χ4v) is 2.98. The number of esters is 1. The van der Waals surface area contributed by atoms with Gasteiger partial charge in [0.15, 0.2) is 0 Å². The molecular weight excluding hydrogens is 332 g/mol. The lowest BCUT2D eigenvalue weighted by molar-refractivity contribution is -0.431. The van der Waals surface area contributed by atoms with Crippen LogP contribution in [0.4, 0.5) is 0 Å². The van der Waals surface area contributed by atoms with E-state index in [-0.39, 0.29) is 17.4 Å². The van der Waals surface area contributed by atoms with Crippen molar-refractivity contribution in [3.05, 3.63) is 67.6 Å². The molecule has 0 aromatic heterocycles. The van der Waals surface area contributed by atoms with Gasteiger partial charge >= 0.3 is 5.97 Å². The molecule has 128 valence electrons. The van der Waals surface area contributed by atoms with Crippen molar-refractivity contribution in [2.75, 3.05) is 0 Å². The van der Waals surface area contributed by atoms with Gasteiger partial charge in [0.1, 0.15) is 5.92 Å². The summed E-state index contributed by atoms with van der Waals surface area (Å²) in [5, 5.41) is 15.0. The van der Waals surface area contributed by atoms with E-state index in [0.29, 0.717) is 22.0 Å². The number of benzene rings is 1. The van der Waals surface area contributed by atoms with Crippen LogP contribution >= 0.6 is 11.6 Å². The number of halogens is 1. The maximum atomic E-state index is 12.6. The number of nitro groups is 1. The van der Waals surface area contributed by atoms with Crippen molar-refractivity contribution in [2.24, 2.45) is 0 Å². The van der Waals surface area contributed by atoms with Crippen LogP contribution in [0.5, 0.6) is 0 Å². The lowest BCUT2D eigenvalue weighted by Gasteiger charge is -2.27. The molecule has 1 aromatic rings. The molecule has 7 heteroatoms. The minimum atomic E-state index is -0.841. The summed E-state index contributed by atoms with van der Waals surface area (Å²) in [6.07, 6.45) is -0.330. The molecule has 1 heterocycles. The van der Waals surface area contributed by atoms with Gasteiger partial charge in [-0.3, -0.25) is 10.1 Å². The van der Waals surface area contributed by atoms with Gasteiger partial charge in [0.05, 0.1) is 22.3 Å². The molecule has 0 saturated heterocycles. The summed E-state index contributed by atoms with van der Waals surface area (Å²) < 4.78 is 5.29. The zero-order chi connectivity index (χ0) is 18.0. The van der Waals surface area contributed by atoms with Gasteiger partial charge in [0.2, 0.25) is 0 Å². The Morgan fingerprint density at radius 3 is 2.54 bits per heavy atom. The zero-order valence-corrected chi connectivity index (χ0v) is 14.7. The first-order valence-corrected chi connectivity index (χ1v) is 7.89. The van der Waals surface area contributed by atoms with Crippen LogP contribution in [0.1, 0.15) is 39.2 Å². The zero-order valence-electron chi connectivity index (χ0n) is 13.9. The van der Waals surface area contributed by atoms with Crippen molar-refractivity contribution < 1.29 is 14.5 Å². The monoisotopic (exact) mass is 350 g/mol. The van der Waals surface area contributed by atoms with Crippen LogP contribution in [0.2, 0.25) is 5.02 Å². The van der Waals surface area contributed by atoms with E-state index in [0.717, 1.165) is 0 Å². The second-order valence-corrected chi connectivity index (χ2v) is 6.31. The van der Waals surface area contributed by atoms with E-state index < -0.39 is 16.8 Å². The first kappa shape index (κ1) is 18.0. The van der Waals surface area contributed by atoms with Crippen LogP contribution < -0.4 is 5.32 Å². The molecule has 6 nitrogen and oxygen atoms in total. The first-order chi connectivity index (χ1) is 11.2. The molecule has 0 unspecified atom stereocenters. The number of rotatable bonds is 4. The van der Waals surface area contributed by atoms with Crippen molar-refractivity contribution in [2.45, 2.75) is 39.7 Å². The molecule has 24 heavy (non-hydrogen) atoms. The van der Waals surface area contributed by atoms with Crippen molar-refractivity contribution in [3.63, 3.8) is 0 Å². The minimum Gasteiger partial charge on any atom is -0.460 e. The molecule has 0 spiro atoms. The summed E-state index contributed by atoms with van der Waals surface area (Å²) in [7, 11) is 0. The third-order valence-corrected chi connectivity index (χ3v) is 3.90. The van der Waals surface area contributed by atoms with Gasteiger partial charge in [0.25, 0.3) is 5.70 Å². The Labute approximate surface area is 145 Å². The van der Waals surface area contributed by atoms with E-state index in [1.807, 2.05) is 0 Å². The lowest BCUT2D eigenvalue weighted by atomic mass is 9.84. The minimum absolute atomic E-state index is 0.0847. The number of nitrogens with zero attached hydrogens (tertiary/aromatic N) is 1. The quantitative estimate of drug-likeness (QED) is 0.508. The Morgan fingerprint density at radius 2 is 2.00 bits per heavy atom. The Balaban J connectivity index is 2.64. The largest absolute Gasteiger partial charge is 0.460 e. The number of ether oxygens (including phenoxy) is 1. The van der Waals surface area contributed by atoms with Crippen molar-refractivity contribution >= 4 is 17.6 Å². The van der Waals surface area contributed by atoms with Crippen LogP contribution in [0.25, 0.3) is 0 Å². The van der Waals surface area contributed by atoms with Crippen LogP contribution in [-0.4, -0.2) is 17.0 Å². The molecule has 0 saturated carbocycles. The van der Waals surface area contributed by atoms with Crippen LogP contribution in [0.3, 0.4) is 0 Å². The van der Waals surface area contributed by atoms with Crippen LogP contribution in [0.15, 0.2) is 46.9 Å². The summed E-state index contributed by atoms with van der Waals surface area (Å²) in [5.74, 6) is -1.42. The van der Waals surface area contributed by atoms with Gasteiger partial charge in [-0.15, -0.1) is 0 Å². The van der Waals surface area contributed by atoms with E-state index in [1.165, 1.54) is 0 Å². The Kier molecular flexibility index (Phi) is 5.29. The summed E-state index contributed by atoms with van der Waals surface area (Å²) in [4.78, 5) is 23.7. The molecule has 2 rings (SSSR count). The van der Waals surface area contributed by atoms with Crippen LogP contribution in [0, 0.1) is 10.1 Å². The molecule has 1 atom stereocenters. The van der Waals surface area contributed by atoms with E-state index >= 15 is 0 Å². The topological polar surface area (TPSA) is 81.5 Å². The Hall–Kier alpha value is -2.34. The normalized spacial score (nSPS) is 17.8. The fourth-order valence-electron chi connectivity index (χ4n) is 2.78. The van der Waals surface area contributed by atoms with E-state index in [9.17, 15) is 14.9 Å². The van der Waals surface area contributed by atoms with Gasteiger partial charge in [0, 0.05) is 10.7 Å². The van der Waals surface area contributed by atoms with Crippen molar-refractivity contribution in [1.29, 1.82) is 0 Å². The summed E-state index contributed by atoms with van der Waals surface area (Å²) in [5.41, 5.74) is 1.64. The predicted molar refractivity (Wildman–Crippen MR) is 91.0 cm³/mol. The number of nitrogens with one attached hydrogen (secondary N) is 1. The number of dihydropyridines is 1. The molecule has 0 fully saturated rings. The molecule has 0 radical (unpaired) electrons. The summed E-state index contributed by atoms with van der Waals surface area (Å²) in [6.45, 7) is 6.78. The lowest BCUT2D eigenvalue weighted by Crippen LogP contribution is -2.32. The maximum absolute atomic E-state index is 12.6. The standard InChI is InChI=1S/C17H19ClN2O4/c1-9(2)24-17(21)14-10(3)19-11(4)16(20(22)23)15(14)12-6-5-7-13(18)8-12/h5-9,15,19H,1-4H3/t15-/m1/s1. The second-order valence-electron chi connectivity index (χ2n) is 5.87. The van der Waals surface area contributed by atoms with E-state index in [1.54, 1.807) is 52.0 Å². The fraction of sp³-hybridized carbons (Fsp3) is 0.353. The molecule has 1 aromatic carbocycles. The molecular formula is C17H19ClN2O4. The summed E-state index contributed by atoms with van der Waals surface area (Å²) >= 11 is 6.04. The number of carbonyl (C=O) groups is 1. The smallest absolute Gasteiger partial charge is 0.337 e. The van der Waals surface area contributed by atoms with Crippen molar-refractivity contribution in [3.8, 4) is 0 Å². The maximum Gasteiger partial charge on any atom is 0.337 e. The summed E-state index contributed by atoms with van der Waals surface area (Å²) in [6, 6.07) is 6.73. The number of carbonyl (C=O) groups excluding carboxylic acids is 1. The average molecular weight is 351 g/mol. The number of hydrogen-bond acceptors (Lipinski definition) is 5. The highest BCUT2D eigenvalue weighted by Crippen LogP contribution is 2.39. The molecule has 0 amide bonds. The third-order valence-electron chi connectivity index (χ3n) is 3.67. The highest BCUT2D eigenvalue weighted by atomic mass is 35.5. The van der Waals surface area contributed by atoms with Gasteiger partial charge in [-0.25, -0.2) is 4.79 Å². The SMILES string of the molecule is CC1=C(C(=O)OC(C)C)[C@@H](c2cccc(Cl)c2)C([N+](=O)[O-])=C(C)N1. The molecule has 1 aliphatic heterocycles. The Morgan fingerprint density at radius 1 is 1.33 bits per heavy atom. The number of hydrogen-bond donors (Lipinski definition) is 1. The third kappa shape index (κ3) is 3.59. The molecule has 1 aliphatic rings. The second kappa shape index (κ2) is 7.05. The molecule has 0 bridgehead atoms. The van der Waals surface area contributed by atoms with Crippen LogP contribution in [-0.2, 0) is 9.53 Å². The highest BCUT2D eigenvalue weighted by Gasteiger charge is 2.41. The van der Waals surface area contributed by atoms with Gasteiger partial charge in [-0.05, 0) is 45.4 Å². The van der Waals surface area contributed by atoms with E-state index in [2.05, 4.69) is 5.32 Å².